The van der Waals surface area contributed by atoms with Crippen molar-refractivity contribution in [2.45, 2.75) is 25.8 Å². The number of piperidine rings is 1. The van der Waals surface area contributed by atoms with Gasteiger partial charge in [-0.1, -0.05) is 18.2 Å². The summed E-state index contributed by atoms with van der Waals surface area (Å²) in [6.45, 7) is 3.20. The lowest BCUT2D eigenvalue weighted by atomic mass is 9.94. The third-order valence-corrected chi connectivity index (χ3v) is 4.46. The molecule has 1 atom stereocenters. The van der Waals surface area contributed by atoms with Gasteiger partial charge in [0.05, 0.1) is 20.2 Å². The number of anilines is 1. The molecule has 0 spiro atoms. The molecule has 130 valence electrons. The van der Waals surface area contributed by atoms with Gasteiger partial charge in [0.15, 0.2) is 6.04 Å². The van der Waals surface area contributed by atoms with Crippen LogP contribution in [0.25, 0.3) is 0 Å². The molecule has 1 heterocycles. The number of likely N-dealkylation sites (tertiary alicyclic amines) is 1. The fourth-order valence-electron chi connectivity index (χ4n) is 2.89. The molecule has 1 aliphatic rings. The van der Waals surface area contributed by atoms with Crippen LogP contribution in [0.5, 0.6) is 0 Å². The van der Waals surface area contributed by atoms with Crippen molar-refractivity contribution in [1.82, 2.24) is 5.32 Å². The number of quaternary nitrogens is 1. The van der Waals surface area contributed by atoms with E-state index in [9.17, 15) is 14.4 Å². The Bertz CT molecular complexity index is 583. The van der Waals surface area contributed by atoms with Crippen LogP contribution in [0.1, 0.15) is 19.8 Å². The Hall–Kier alpha value is -2.41. The summed E-state index contributed by atoms with van der Waals surface area (Å²) in [5.74, 6) is -0.388. The summed E-state index contributed by atoms with van der Waals surface area (Å²) < 4.78 is 4.43. The van der Waals surface area contributed by atoms with Gasteiger partial charge in [-0.05, 0) is 19.1 Å². The maximum absolute atomic E-state index is 12.3. The van der Waals surface area contributed by atoms with E-state index in [1.165, 1.54) is 7.11 Å². The number of rotatable bonds is 4. The first-order chi connectivity index (χ1) is 11.5. The van der Waals surface area contributed by atoms with E-state index in [0.717, 1.165) is 10.6 Å². The van der Waals surface area contributed by atoms with Crippen LogP contribution in [0.2, 0.25) is 0 Å². The normalized spacial score (nSPS) is 21.4. The van der Waals surface area contributed by atoms with Crippen LogP contribution in [0.4, 0.5) is 10.5 Å². The van der Waals surface area contributed by atoms with Crippen molar-refractivity contribution in [3.63, 3.8) is 0 Å². The summed E-state index contributed by atoms with van der Waals surface area (Å²) in [6.07, 6.45) is 0.677. The SMILES string of the molecule is COC(=O)NC(=O)[C@H](C)[NH+]1CCC(C(=O)Nc2ccccc2)CC1. The van der Waals surface area contributed by atoms with Crippen LogP contribution in [0, 0.1) is 5.92 Å². The van der Waals surface area contributed by atoms with Crippen molar-refractivity contribution < 1.29 is 24.0 Å². The zero-order valence-corrected chi connectivity index (χ0v) is 14.0. The van der Waals surface area contributed by atoms with Gasteiger partial charge in [0.2, 0.25) is 5.91 Å². The zero-order chi connectivity index (χ0) is 17.5. The highest BCUT2D eigenvalue weighted by atomic mass is 16.5. The molecular weight excluding hydrogens is 310 g/mol. The monoisotopic (exact) mass is 334 g/mol. The maximum Gasteiger partial charge on any atom is 0.413 e. The van der Waals surface area contributed by atoms with Gasteiger partial charge in [-0.2, -0.15) is 0 Å². The summed E-state index contributed by atoms with van der Waals surface area (Å²) in [5.41, 5.74) is 0.795. The quantitative estimate of drug-likeness (QED) is 0.733. The van der Waals surface area contributed by atoms with Crippen molar-refractivity contribution in [1.29, 1.82) is 0 Å². The molecule has 0 saturated carbocycles. The molecule has 2 rings (SSSR count). The Labute approximate surface area is 141 Å². The Kier molecular flexibility index (Phi) is 6.31. The van der Waals surface area contributed by atoms with E-state index >= 15 is 0 Å². The third-order valence-electron chi connectivity index (χ3n) is 4.46. The van der Waals surface area contributed by atoms with Crippen LogP contribution in [0.15, 0.2) is 30.3 Å². The Morgan fingerprint density at radius 1 is 1.17 bits per heavy atom. The van der Waals surface area contributed by atoms with Crippen molar-refractivity contribution in [2.24, 2.45) is 5.92 Å². The summed E-state index contributed by atoms with van der Waals surface area (Å²) in [5, 5.41) is 5.12. The first-order valence-electron chi connectivity index (χ1n) is 8.10. The highest BCUT2D eigenvalue weighted by Gasteiger charge is 2.33. The number of hydrogen-bond donors (Lipinski definition) is 3. The number of alkyl carbamates (subject to hydrolysis) is 1. The van der Waals surface area contributed by atoms with Crippen molar-refractivity contribution in [2.75, 3.05) is 25.5 Å². The molecule has 1 fully saturated rings. The number of benzene rings is 1. The van der Waals surface area contributed by atoms with Crippen molar-refractivity contribution in [3.05, 3.63) is 30.3 Å². The number of carbonyl (C=O) groups excluding carboxylic acids is 3. The average Bonchev–Trinajstić information content (AvgIpc) is 2.61. The summed E-state index contributed by atoms with van der Waals surface area (Å²) >= 11 is 0. The lowest BCUT2D eigenvalue weighted by molar-refractivity contribution is -0.919. The molecule has 1 saturated heterocycles. The number of imide groups is 1. The number of ether oxygens (including phenoxy) is 1. The minimum absolute atomic E-state index is 0.0203. The molecule has 3 amide bonds. The Morgan fingerprint density at radius 3 is 2.38 bits per heavy atom. The van der Waals surface area contributed by atoms with Crippen LogP contribution < -0.4 is 15.5 Å². The van der Waals surface area contributed by atoms with E-state index in [-0.39, 0.29) is 23.8 Å². The van der Waals surface area contributed by atoms with Gasteiger partial charge in [-0.15, -0.1) is 0 Å². The van der Waals surface area contributed by atoms with E-state index in [2.05, 4.69) is 15.4 Å². The second-order valence-corrected chi connectivity index (χ2v) is 5.99. The lowest BCUT2D eigenvalue weighted by Crippen LogP contribution is -3.17. The fourth-order valence-corrected chi connectivity index (χ4v) is 2.89. The fraction of sp³-hybridized carbons (Fsp3) is 0.471. The van der Waals surface area contributed by atoms with Crippen LogP contribution in [-0.2, 0) is 14.3 Å². The average molecular weight is 334 g/mol. The number of carbonyl (C=O) groups is 3. The second-order valence-electron chi connectivity index (χ2n) is 5.99. The molecule has 1 aromatic rings. The standard InChI is InChI=1S/C17H23N3O4/c1-12(15(21)19-17(23)24-2)20-10-8-13(9-11-20)16(22)18-14-6-4-3-5-7-14/h3-7,12-13H,8-11H2,1-2H3,(H,18,22)(H,19,21,23)/p+1/t12-/m0/s1. The molecule has 0 unspecified atom stereocenters. The minimum Gasteiger partial charge on any atom is -0.453 e. The number of para-hydroxylation sites is 1. The van der Waals surface area contributed by atoms with E-state index in [0.29, 0.717) is 25.9 Å². The summed E-state index contributed by atoms with van der Waals surface area (Å²) in [7, 11) is 1.22. The molecule has 7 nitrogen and oxygen atoms in total. The molecule has 7 heteroatoms. The second kappa shape index (κ2) is 8.44. The maximum atomic E-state index is 12.3. The molecule has 3 N–H and O–H groups in total. The molecule has 1 aliphatic heterocycles. The van der Waals surface area contributed by atoms with Gasteiger partial charge in [-0.25, -0.2) is 4.79 Å². The van der Waals surface area contributed by atoms with Crippen LogP contribution in [0.3, 0.4) is 0 Å². The highest BCUT2D eigenvalue weighted by Crippen LogP contribution is 2.14. The molecule has 0 bridgehead atoms. The van der Waals surface area contributed by atoms with Gasteiger partial charge < -0.3 is 15.0 Å². The number of nitrogens with one attached hydrogen (secondary N) is 3. The smallest absolute Gasteiger partial charge is 0.413 e. The van der Waals surface area contributed by atoms with Gasteiger partial charge in [0, 0.05) is 24.4 Å². The molecule has 0 aromatic heterocycles. The lowest BCUT2D eigenvalue weighted by Gasteiger charge is -2.31. The predicted molar refractivity (Wildman–Crippen MR) is 88.5 cm³/mol. The zero-order valence-electron chi connectivity index (χ0n) is 14.0. The first-order valence-corrected chi connectivity index (χ1v) is 8.10. The molecular formula is C17H24N3O4+. The largest absolute Gasteiger partial charge is 0.453 e. The van der Waals surface area contributed by atoms with Gasteiger partial charge in [0.1, 0.15) is 0 Å². The highest BCUT2D eigenvalue weighted by molar-refractivity contribution is 5.94. The molecule has 0 aliphatic carbocycles. The van der Waals surface area contributed by atoms with Crippen molar-refractivity contribution >= 4 is 23.6 Å². The predicted octanol–water partition coefficient (Wildman–Crippen LogP) is 0.191. The number of methoxy groups -OCH3 is 1. The number of hydrogen-bond acceptors (Lipinski definition) is 4. The van der Waals surface area contributed by atoms with Gasteiger partial charge >= 0.3 is 6.09 Å². The van der Waals surface area contributed by atoms with E-state index in [4.69, 9.17) is 0 Å². The molecule has 0 radical (unpaired) electrons. The summed E-state index contributed by atoms with van der Waals surface area (Å²) in [6, 6.07) is 9.02. The third kappa shape index (κ3) is 4.79. The van der Waals surface area contributed by atoms with E-state index < -0.39 is 6.09 Å². The van der Waals surface area contributed by atoms with Gasteiger partial charge in [-0.3, -0.25) is 14.9 Å². The van der Waals surface area contributed by atoms with Crippen LogP contribution >= 0.6 is 0 Å². The molecule has 24 heavy (non-hydrogen) atoms. The first kappa shape index (κ1) is 17.9. The minimum atomic E-state index is -0.747. The Morgan fingerprint density at radius 2 is 1.79 bits per heavy atom. The number of amides is 3. The van der Waals surface area contributed by atoms with E-state index in [1.54, 1.807) is 6.92 Å². The molecule has 1 aromatic carbocycles. The van der Waals surface area contributed by atoms with Crippen LogP contribution in [-0.4, -0.2) is 44.1 Å². The van der Waals surface area contributed by atoms with Gasteiger partial charge in [0.25, 0.3) is 5.91 Å². The van der Waals surface area contributed by atoms with Crippen molar-refractivity contribution in [3.8, 4) is 0 Å². The Balaban J connectivity index is 1.81. The summed E-state index contributed by atoms with van der Waals surface area (Å²) in [4.78, 5) is 36.4. The topological polar surface area (TPSA) is 88.9 Å². The van der Waals surface area contributed by atoms with E-state index in [1.807, 2.05) is 30.3 Å².